The number of hydrogen-bond donors (Lipinski definition) is 0. The predicted octanol–water partition coefficient (Wildman–Crippen LogP) is 3.27. The van der Waals surface area contributed by atoms with Crippen molar-refractivity contribution < 1.29 is 4.74 Å². The van der Waals surface area contributed by atoms with E-state index >= 15 is 0 Å². The van der Waals surface area contributed by atoms with Crippen LogP contribution in [-0.2, 0) is 4.74 Å². The van der Waals surface area contributed by atoms with Crippen molar-refractivity contribution in [2.75, 3.05) is 13.4 Å². The molecule has 4 heteroatoms. The second-order valence-electron chi connectivity index (χ2n) is 2.64. The molecule has 0 amide bonds. The van der Waals surface area contributed by atoms with Crippen LogP contribution in [-0.4, -0.2) is 18.3 Å². The summed E-state index contributed by atoms with van der Waals surface area (Å²) in [6.45, 7) is 2.02. The largest absolute Gasteiger partial charge is 0.377 e. The highest BCUT2D eigenvalue weighted by atomic mass is 79.9. The number of thioether (sulfide) groups is 1. The highest BCUT2D eigenvalue weighted by molar-refractivity contribution is 9.10. The van der Waals surface area contributed by atoms with Crippen LogP contribution in [0.3, 0.4) is 0 Å². The van der Waals surface area contributed by atoms with Crippen LogP contribution >= 0.6 is 27.7 Å². The van der Waals surface area contributed by atoms with E-state index in [0.29, 0.717) is 0 Å². The number of pyridine rings is 1. The van der Waals surface area contributed by atoms with Gasteiger partial charge in [-0.15, -0.1) is 11.8 Å². The zero-order valence-electron chi connectivity index (χ0n) is 7.87. The van der Waals surface area contributed by atoms with E-state index in [1.807, 2.05) is 25.3 Å². The molecule has 0 aliphatic carbocycles. The maximum Gasteiger partial charge on any atom is 0.107 e. The minimum absolute atomic E-state index is 0.116. The fraction of sp³-hybridized carbons (Fsp3) is 0.444. The maximum atomic E-state index is 5.23. The van der Waals surface area contributed by atoms with Crippen molar-refractivity contribution in [2.24, 2.45) is 0 Å². The Labute approximate surface area is 91.2 Å². The quantitative estimate of drug-likeness (QED) is 0.616. The van der Waals surface area contributed by atoms with Gasteiger partial charge in [0.1, 0.15) is 4.60 Å². The normalized spacial score (nSPS) is 12.9. The summed E-state index contributed by atoms with van der Waals surface area (Å²) >= 11 is 5.00. The van der Waals surface area contributed by atoms with E-state index < -0.39 is 0 Å². The molecule has 13 heavy (non-hydrogen) atoms. The van der Waals surface area contributed by atoms with E-state index in [4.69, 9.17) is 4.74 Å². The molecule has 0 bridgehead atoms. The Morgan fingerprint density at radius 1 is 1.54 bits per heavy atom. The molecule has 1 atom stereocenters. The van der Waals surface area contributed by atoms with Gasteiger partial charge in [0.15, 0.2) is 0 Å². The topological polar surface area (TPSA) is 22.1 Å². The lowest BCUT2D eigenvalue weighted by Crippen LogP contribution is -1.97. The second kappa shape index (κ2) is 4.98. The van der Waals surface area contributed by atoms with Gasteiger partial charge < -0.3 is 4.74 Å². The molecule has 0 N–H and O–H groups in total. The van der Waals surface area contributed by atoms with Crippen LogP contribution in [0.15, 0.2) is 21.8 Å². The number of nitrogens with zero attached hydrogens (tertiary/aromatic N) is 1. The lowest BCUT2D eigenvalue weighted by atomic mass is 10.2. The third kappa shape index (κ3) is 2.97. The second-order valence-corrected chi connectivity index (χ2v) is 4.28. The minimum atomic E-state index is 0.116. The summed E-state index contributed by atoms with van der Waals surface area (Å²) < 4.78 is 6.09. The van der Waals surface area contributed by atoms with Crippen LogP contribution in [0.2, 0.25) is 0 Å². The van der Waals surface area contributed by atoms with E-state index in [0.717, 1.165) is 15.2 Å². The van der Waals surface area contributed by atoms with Crippen LogP contribution in [0.4, 0.5) is 0 Å². The monoisotopic (exact) mass is 261 g/mol. The Balaban J connectivity index is 3.01. The van der Waals surface area contributed by atoms with Crippen molar-refractivity contribution in [2.45, 2.75) is 18.1 Å². The van der Waals surface area contributed by atoms with Gasteiger partial charge in [0.05, 0.1) is 11.1 Å². The first-order valence-corrected chi connectivity index (χ1v) is 5.93. The highest BCUT2D eigenvalue weighted by Crippen LogP contribution is 2.23. The molecule has 2 nitrogen and oxygen atoms in total. The van der Waals surface area contributed by atoms with Crippen LogP contribution in [0.25, 0.3) is 0 Å². The number of ether oxygens (including phenoxy) is 1. The summed E-state index contributed by atoms with van der Waals surface area (Å²) in [7, 11) is 1.71. The first kappa shape index (κ1) is 11.0. The van der Waals surface area contributed by atoms with Gasteiger partial charge in [0, 0.05) is 7.11 Å². The number of hydrogen-bond acceptors (Lipinski definition) is 3. The Morgan fingerprint density at radius 3 is 2.77 bits per heavy atom. The smallest absolute Gasteiger partial charge is 0.107 e. The Morgan fingerprint density at radius 2 is 2.23 bits per heavy atom. The summed E-state index contributed by atoms with van der Waals surface area (Å²) in [4.78, 5) is 4.29. The van der Waals surface area contributed by atoms with Crippen molar-refractivity contribution in [1.29, 1.82) is 0 Å². The molecular formula is C9H12BrNOS. The summed E-state index contributed by atoms with van der Waals surface area (Å²) in [5, 5.41) is 1.01. The third-order valence-electron chi connectivity index (χ3n) is 1.83. The molecule has 0 saturated heterocycles. The number of methoxy groups -OCH3 is 1. The van der Waals surface area contributed by atoms with Crippen molar-refractivity contribution >= 4 is 27.7 Å². The molecule has 72 valence electrons. The van der Waals surface area contributed by atoms with E-state index in [-0.39, 0.29) is 6.10 Å². The van der Waals surface area contributed by atoms with Crippen molar-refractivity contribution in [1.82, 2.24) is 4.98 Å². The molecule has 0 fully saturated rings. The molecule has 1 rings (SSSR count). The van der Waals surface area contributed by atoms with Gasteiger partial charge in [-0.05, 0) is 46.8 Å². The summed E-state index contributed by atoms with van der Waals surface area (Å²) in [5.74, 6) is 0. The van der Waals surface area contributed by atoms with Crippen LogP contribution in [0.5, 0.6) is 0 Å². The SMILES string of the molecule is COC(C)c1cc(Br)nc(SC)c1. The molecule has 1 aromatic rings. The maximum absolute atomic E-state index is 5.23. The first-order chi connectivity index (χ1) is 6.17. The molecule has 0 aromatic carbocycles. The minimum Gasteiger partial charge on any atom is -0.377 e. The van der Waals surface area contributed by atoms with Crippen LogP contribution in [0.1, 0.15) is 18.6 Å². The predicted molar refractivity (Wildman–Crippen MR) is 59.1 cm³/mol. The Kier molecular flexibility index (Phi) is 4.22. The number of aromatic nitrogens is 1. The van der Waals surface area contributed by atoms with Gasteiger partial charge in [0.25, 0.3) is 0 Å². The summed E-state index contributed by atoms with van der Waals surface area (Å²) in [6, 6.07) is 4.03. The number of halogens is 1. The van der Waals surface area contributed by atoms with Gasteiger partial charge in [0.2, 0.25) is 0 Å². The zero-order chi connectivity index (χ0) is 9.84. The number of rotatable bonds is 3. The lowest BCUT2D eigenvalue weighted by Gasteiger charge is -2.10. The molecule has 0 radical (unpaired) electrons. The van der Waals surface area contributed by atoms with E-state index in [2.05, 4.69) is 20.9 Å². The fourth-order valence-corrected chi connectivity index (χ4v) is 1.98. The molecule has 0 aliphatic heterocycles. The van der Waals surface area contributed by atoms with Gasteiger partial charge in [-0.1, -0.05) is 0 Å². The standard InChI is InChI=1S/C9H12BrNOS/c1-6(12-2)7-4-8(10)11-9(5-7)13-3/h4-6H,1-3H3. The van der Waals surface area contributed by atoms with Crippen molar-refractivity contribution in [3.63, 3.8) is 0 Å². The highest BCUT2D eigenvalue weighted by Gasteiger charge is 2.06. The summed E-state index contributed by atoms with van der Waals surface area (Å²) in [6.07, 6.45) is 2.13. The molecule has 0 saturated carbocycles. The van der Waals surface area contributed by atoms with E-state index in [1.54, 1.807) is 18.9 Å². The molecule has 0 aliphatic rings. The van der Waals surface area contributed by atoms with Gasteiger partial charge in [-0.2, -0.15) is 0 Å². The molecule has 1 heterocycles. The van der Waals surface area contributed by atoms with Gasteiger partial charge in [-0.25, -0.2) is 4.98 Å². The van der Waals surface area contributed by atoms with Crippen molar-refractivity contribution in [3.8, 4) is 0 Å². The molecule has 1 unspecified atom stereocenters. The fourth-order valence-electron chi connectivity index (χ4n) is 0.967. The van der Waals surface area contributed by atoms with Crippen LogP contribution < -0.4 is 0 Å². The first-order valence-electron chi connectivity index (χ1n) is 3.91. The summed E-state index contributed by atoms with van der Waals surface area (Å²) in [5.41, 5.74) is 1.15. The van der Waals surface area contributed by atoms with Crippen molar-refractivity contribution in [3.05, 3.63) is 22.3 Å². The molecular weight excluding hydrogens is 250 g/mol. The van der Waals surface area contributed by atoms with E-state index in [1.165, 1.54) is 0 Å². The lowest BCUT2D eigenvalue weighted by molar-refractivity contribution is 0.119. The van der Waals surface area contributed by atoms with Gasteiger partial charge >= 0.3 is 0 Å². The zero-order valence-corrected chi connectivity index (χ0v) is 10.3. The molecule has 0 spiro atoms. The third-order valence-corrected chi connectivity index (χ3v) is 2.86. The Hall–Kier alpha value is -0.0600. The van der Waals surface area contributed by atoms with Gasteiger partial charge in [-0.3, -0.25) is 0 Å². The average Bonchev–Trinajstić information content (AvgIpc) is 2.15. The Bertz CT molecular complexity index is 293. The molecule has 1 aromatic heterocycles. The van der Waals surface area contributed by atoms with Crippen LogP contribution in [0, 0.1) is 0 Å². The van der Waals surface area contributed by atoms with E-state index in [9.17, 15) is 0 Å². The average molecular weight is 262 g/mol.